The molecule has 21 heavy (non-hydrogen) atoms. The van der Waals surface area contributed by atoms with Crippen LogP contribution in [0.2, 0.25) is 0 Å². The van der Waals surface area contributed by atoms with Crippen LogP contribution in [0.15, 0.2) is 0 Å². The minimum absolute atomic E-state index is 0.235. The summed E-state index contributed by atoms with van der Waals surface area (Å²) in [5.41, 5.74) is 5.57. The van der Waals surface area contributed by atoms with Crippen molar-refractivity contribution in [2.24, 2.45) is 5.73 Å². The predicted octanol–water partition coefficient (Wildman–Crippen LogP) is 0.968. The van der Waals surface area contributed by atoms with Crippen LogP contribution in [0.3, 0.4) is 0 Å². The SMILES string of the molecule is COC(=O)C1(N)CCCC(N2CCC3CCC(C2)N3C)C1. The molecule has 2 N–H and O–H groups in total. The second-order valence-electron chi connectivity index (χ2n) is 7.23. The fourth-order valence-corrected chi connectivity index (χ4v) is 4.64. The van der Waals surface area contributed by atoms with Gasteiger partial charge in [-0.15, -0.1) is 0 Å². The van der Waals surface area contributed by atoms with E-state index < -0.39 is 5.54 Å². The van der Waals surface area contributed by atoms with Crippen LogP contribution in [0.5, 0.6) is 0 Å². The summed E-state index contributed by atoms with van der Waals surface area (Å²) in [6.45, 7) is 2.28. The van der Waals surface area contributed by atoms with Gasteiger partial charge in [-0.2, -0.15) is 0 Å². The van der Waals surface area contributed by atoms with Gasteiger partial charge < -0.3 is 10.5 Å². The maximum atomic E-state index is 12.0. The Morgan fingerprint density at radius 3 is 2.71 bits per heavy atom. The molecule has 0 aromatic rings. The lowest BCUT2D eigenvalue weighted by atomic mass is 9.79. The van der Waals surface area contributed by atoms with E-state index in [2.05, 4.69) is 16.8 Å². The molecule has 0 aromatic carbocycles. The normalized spacial score (nSPS) is 41.8. The molecular formula is C16H29N3O2. The Hall–Kier alpha value is -0.650. The summed E-state index contributed by atoms with van der Waals surface area (Å²) in [5, 5.41) is 0. The van der Waals surface area contributed by atoms with Crippen molar-refractivity contribution in [3.05, 3.63) is 0 Å². The van der Waals surface area contributed by atoms with Crippen LogP contribution in [0.1, 0.15) is 44.9 Å². The van der Waals surface area contributed by atoms with Crippen molar-refractivity contribution in [3.8, 4) is 0 Å². The van der Waals surface area contributed by atoms with Gasteiger partial charge in [0.1, 0.15) is 5.54 Å². The first kappa shape index (κ1) is 15.3. The van der Waals surface area contributed by atoms with Crippen molar-refractivity contribution in [1.29, 1.82) is 0 Å². The summed E-state index contributed by atoms with van der Waals surface area (Å²) >= 11 is 0. The number of methoxy groups -OCH3 is 1. The average molecular weight is 295 g/mol. The zero-order valence-electron chi connectivity index (χ0n) is 13.4. The Labute approximate surface area is 127 Å². The van der Waals surface area contributed by atoms with Gasteiger partial charge in [-0.3, -0.25) is 14.6 Å². The smallest absolute Gasteiger partial charge is 0.325 e. The summed E-state index contributed by atoms with van der Waals surface area (Å²) in [6, 6.07) is 1.88. The molecule has 2 bridgehead atoms. The standard InChI is InChI=1S/C16H29N3O2/c1-18-12-5-6-14(18)11-19(9-7-12)13-4-3-8-16(17,10-13)15(20)21-2/h12-14H,3-11,17H2,1-2H3. The van der Waals surface area contributed by atoms with E-state index in [1.807, 2.05) is 0 Å². The maximum Gasteiger partial charge on any atom is 0.325 e. The minimum Gasteiger partial charge on any atom is -0.468 e. The molecule has 2 aliphatic heterocycles. The second-order valence-corrected chi connectivity index (χ2v) is 7.23. The zero-order valence-corrected chi connectivity index (χ0v) is 13.4. The number of nitrogens with two attached hydrogens (primary N) is 1. The van der Waals surface area contributed by atoms with Crippen molar-refractivity contribution >= 4 is 5.97 Å². The number of likely N-dealkylation sites (N-methyl/N-ethyl adjacent to an activating group) is 1. The van der Waals surface area contributed by atoms with Crippen LogP contribution in [-0.2, 0) is 9.53 Å². The van der Waals surface area contributed by atoms with Gasteiger partial charge in [-0.05, 0) is 58.5 Å². The van der Waals surface area contributed by atoms with Crippen molar-refractivity contribution in [3.63, 3.8) is 0 Å². The summed E-state index contributed by atoms with van der Waals surface area (Å²) < 4.78 is 4.93. The number of ether oxygens (including phenoxy) is 1. The van der Waals surface area contributed by atoms with Crippen LogP contribution in [0.25, 0.3) is 0 Å². The van der Waals surface area contributed by atoms with Crippen LogP contribution >= 0.6 is 0 Å². The van der Waals surface area contributed by atoms with E-state index in [1.54, 1.807) is 0 Å². The van der Waals surface area contributed by atoms with Crippen LogP contribution in [0, 0.1) is 0 Å². The molecule has 2 saturated heterocycles. The van der Waals surface area contributed by atoms with Crippen molar-refractivity contribution < 1.29 is 9.53 Å². The summed E-state index contributed by atoms with van der Waals surface area (Å²) in [7, 11) is 3.72. The molecule has 5 nitrogen and oxygen atoms in total. The van der Waals surface area contributed by atoms with Gasteiger partial charge in [0.05, 0.1) is 7.11 Å². The third-order valence-electron chi connectivity index (χ3n) is 6.05. The molecule has 1 aliphatic carbocycles. The first-order valence-electron chi connectivity index (χ1n) is 8.37. The molecule has 120 valence electrons. The number of nitrogens with zero attached hydrogens (tertiary/aromatic N) is 2. The lowest BCUT2D eigenvalue weighted by molar-refractivity contribution is -0.149. The number of hydrogen-bond donors (Lipinski definition) is 1. The number of carbonyl (C=O) groups excluding carboxylic acids is 1. The van der Waals surface area contributed by atoms with E-state index in [1.165, 1.54) is 26.4 Å². The van der Waals surface area contributed by atoms with E-state index in [0.29, 0.717) is 12.1 Å². The first-order valence-corrected chi connectivity index (χ1v) is 8.37. The van der Waals surface area contributed by atoms with E-state index >= 15 is 0 Å². The summed E-state index contributed by atoms with van der Waals surface area (Å²) in [6.07, 6.45) is 7.61. The third-order valence-corrected chi connectivity index (χ3v) is 6.05. The molecule has 3 fully saturated rings. The Morgan fingerprint density at radius 2 is 1.95 bits per heavy atom. The number of likely N-dealkylation sites (tertiary alicyclic amines) is 1. The molecule has 5 heteroatoms. The quantitative estimate of drug-likeness (QED) is 0.769. The highest BCUT2D eigenvalue weighted by atomic mass is 16.5. The van der Waals surface area contributed by atoms with E-state index in [9.17, 15) is 4.79 Å². The molecule has 3 aliphatic rings. The first-order chi connectivity index (χ1) is 10.0. The van der Waals surface area contributed by atoms with Gasteiger partial charge in [0, 0.05) is 24.7 Å². The molecule has 4 atom stereocenters. The number of carbonyl (C=O) groups is 1. The fraction of sp³-hybridized carbons (Fsp3) is 0.938. The number of hydrogen-bond acceptors (Lipinski definition) is 5. The Balaban J connectivity index is 1.68. The molecular weight excluding hydrogens is 266 g/mol. The second kappa shape index (κ2) is 5.86. The monoisotopic (exact) mass is 295 g/mol. The Bertz CT molecular complexity index is 403. The highest BCUT2D eigenvalue weighted by molar-refractivity contribution is 5.80. The highest BCUT2D eigenvalue weighted by Crippen LogP contribution is 2.34. The topological polar surface area (TPSA) is 58.8 Å². The molecule has 1 saturated carbocycles. The van der Waals surface area contributed by atoms with E-state index in [4.69, 9.17) is 10.5 Å². The highest BCUT2D eigenvalue weighted by Gasteiger charge is 2.44. The van der Waals surface area contributed by atoms with Gasteiger partial charge in [0.15, 0.2) is 0 Å². The van der Waals surface area contributed by atoms with Crippen molar-refractivity contribution in [2.45, 2.75) is 68.6 Å². The molecule has 2 heterocycles. The van der Waals surface area contributed by atoms with Crippen molar-refractivity contribution in [1.82, 2.24) is 9.80 Å². The molecule has 4 unspecified atom stereocenters. The van der Waals surface area contributed by atoms with Crippen LogP contribution in [-0.4, -0.2) is 66.7 Å². The van der Waals surface area contributed by atoms with Crippen LogP contribution in [0.4, 0.5) is 0 Å². The Morgan fingerprint density at radius 1 is 1.19 bits per heavy atom. The predicted molar refractivity (Wildman–Crippen MR) is 82.0 cm³/mol. The third kappa shape index (κ3) is 2.83. The summed E-state index contributed by atoms with van der Waals surface area (Å²) in [4.78, 5) is 17.2. The van der Waals surface area contributed by atoms with Crippen LogP contribution < -0.4 is 5.73 Å². The van der Waals surface area contributed by atoms with E-state index in [0.717, 1.165) is 44.8 Å². The van der Waals surface area contributed by atoms with Gasteiger partial charge in [0.25, 0.3) is 0 Å². The number of esters is 1. The van der Waals surface area contributed by atoms with Gasteiger partial charge in [0.2, 0.25) is 0 Å². The van der Waals surface area contributed by atoms with Crippen molar-refractivity contribution in [2.75, 3.05) is 27.2 Å². The molecule has 0 spiro atoms. The fourth-order valence-electron chi connectivity index (χ4n) is 4.64. The molecule has 0 aromatic heterocycles. The number of fused-ring (bicyclic) bond motifs is 2. The largest absolute Gasteiger partial charge is 0.468 e. The molecule has 0 radical (unpaired) electrons. The molecule has 3 rings (SSSR count). The molecule has 0 amide bonds. The minimum atomic E-state index is -0.769. The lowest BCUT2D eigenvalue weighted by Crippen LogP contribution is -2.57. The van der Waals surface area contributed by atoms with Gasteiger partial charge in [-0.25, -0.2) is 0 Å². The lowest BCUT2D eigenvalue weighted by Gasteiger charge is -2.41. The summed E-state index contributed by atoms with van der Waals surface area (Å²) in [5.74, 6) is -0.235. The Kier molecular flexibility index (Phi) is 4.26. The average Bonchev–Trinajstić information content (AvgIpc) is 2.71. The van der Waals surface area contributed by atoms with Gasteiger partial charge >= 0.3 is 5.97 Å². The van der Waals surface area contributed by atoms with Gasteiger partial charge in [-0.1, -0.05) is 0 Å². The van der Waals surface area contributed by atoms with E-state index in [-0.39, 0.29) is 5.97 Å². The number of rotatable bonds is 2. The maximum absolute atomic E-state index is 12.0. The zero-order chi connectivity index (χ0) is 15.0.